The third-order valence-electron chi connectivity index (χ3n) is 1.33. The molecule has 0 aromatic carbocycles. The first-order valence-corrected chi connectivity index (χ1v) is 4.29. The van der Waals surface area contributed by atoms with E-state index < -0.39 is 0 Å². The maximum absolute atomic E-state index is 4.10. The zero-order valence-electron chi connectivity index (χ0n) is 8.55. The van der Waals surface area contributed by atoms with E-state index in [1.165, 1.54) is 0 Å². The monoisotopic (exact) mass is 174 g/mol. The van der Waals surface area contributed by atoms with E-state index in [1.807, 2.05) is 6.92 Å². The summed E-state index contributed by atoms with van der Waals surface area (Å²) in [6, 6.07) is 0. The molecule has 0 amide bonds. The molecular formula is C11H14N2. The van der Waals surface area contributed by atoms with E-state index in [-0.39, 0.29) is 5.41 Å². The molecule has 0 aliphatic heterocycles. The summed E-state index contributed by atoms with van der Waals surface area (Å²) in [6.07, 6.45) is 3.55. The van der Waals surface area contributed by atoms with Crippen LogP contribution in [0.5, 0.6) is 0 Å². The topological polar surface area (TPSA) is 25.8 Å². The molecule has 1 heterocycles. The van der Waals surface area contributed by atoms with Crippen LogP contribution in [0.3, 0.4) is 0 Å². The Labute approximate surface area is 79.4 Å². The smallest absolute Gasteiger partial charge is 0.204 e. The van der Waals surface area contributed by atoms with E-state index in [0.717, 1.165) is 5.56 Å². The molecule has 2 heteroatoms. The molecule has 0 saturated heterocycles. The van der Waals surface area contributed by atoms with Crippen molar-refractivity contribution in [3.05, 3.63) is 23.8 Å². The van der Waals surface area contributed by atoms with Gasteiger partial charge in [0, 0.05) is 17.8 Å². The van der Waals surface area contributed by atoms with Gasteiger partial charge < -0.3 is 0 Å². The van der Waals surface area contributed by atoms with Crippen LogP contribution in [0.1, 0.15) is 32.2 Å². The molecule has 68 valence electrons. The first-order valence-electron chi connectivity index (χ1n) is 4.29. The van der Waals surface area contributed by atoms with Crippen molar-refractivity contribution < 1.29 is 0 Å². The van der Waals surface area contributed by atoms with E-state index >= 15 is 0 Å². The molecule has 0 atom stereocenters. The highest BCUT2D eigenvalue weighted by Gasteiger charge is 2.03. The average molecular weight is 174 g/mol. The van der Waals surface area contributed by atoms with Crippen molar-refractivity contribution in [2.75, 3.05) is 0 Å². The van der Waals surface area contributed by atoms with Crippen LogP contribution in [-0.2, 0) is 0 Å². The molecule has 1 aromatic heterocycles. The van der Waals surface area contributed by atoms with E-state index in [0.29, 0.717) is 5.82 Å². The van der Waals surface area contributed by atoms with Crippen molar-refractivity contribution in [3.8, 4) is 11.8 Å². The fourth-order valence-corrected chi connectivity index (χ4v) is 0.701. The van der Waals surface area contributed by atoms with Crippen LogP contribution in [0, 0.1) is 24.2 Å². The van der Waals surface area contributed by atoms with Crippen molar-refractivity contribution in [1.29, 1.82) is 0 Å². The Bertz CT molecular complexity index is 333. The second kappa shape index (κ2) is 3.57. The molecule has 2 nitrogen and oxygen atoms in total. The Morgan fingerprint density at radius 2 is 1.69 bits per heavy atom. The summed E-state index contributed by atoms with van der Waals surface area (Å²) in [6.45, 7) is 8.15. The van der Waals surface area contributed by atoms with Crippen LogP contribution in [0.2, 0.25) is 0 Å². The van der Waals surface area contributed by atoms with Crippen LogP contribution in [0.4, 0.5) is 0 Å². The summed E-state index contributed by atoms with van der Waals surface area (Å²) in [5.41, 5.74) is 1.06. The van der Waals surface area contributed by atoms with Crippen molar-refractivity contribution in [3.63, 3.8) is 0 Å². The number of rotatable bonds is 0. The van der Waals surface area contributed by atoms with Gasteiger partial charge in [-0.1, -0.05) is 5.92 Å². The van der Waals surface area contributed by atoms with Gasteiger partial charge in [0.25, 0.3) is 0 Å². The number of aryl methyl sites for hydroxylation is 1. The predicted molar refractivity (Wildman–Crippen MR) is 53.1 cm³/mol. The summed E-state index contributed by atoms with van der Waals surface area (Å²) in [4.78, 5) is 8.19. The molecule has 0 fully saturated rings. The maximum atomic E-state index is 4.10. The molecule has 13 heavy (non-hydrogen) atoms. The number of nitrogens with zero attached hydrogens (tertiary/aromatic N) is 2. The number of aromatic nitrogens is 2. The molecular weight excluding hydrogens is 160 g/mol. The molecule has 0 aliphatic carbocycles. The molecule has 0 unspecified atom stereocenters. The van der Waals surface area contributed by atoms with Gasteiger partial charge in [0.05, 0.1) is 0 Å². The van der Waals surface area contributed by atoms with Crippen molar-refractivity contribution in [1.82, 2.24) is 9.97 Å². The van der Waals surface area contributed by atoms with Gasteiger partial charge in [-0.15, -0.1) is 0 Å². The highest BCUT2D eigenvalue weighted by Crippen LogP contribution is 2.09. The van der Waals surface area contributed by atoms with E-state index in [9.17, 15) is 0 Å². The Kier molecular flexibility index (Phi) is 2.67. The second-order valence-electron chi connectivity index (χ2n) is 4.08. The molecule has 0 aliphatic rings. The lowest BCUT2D eigenvalue weighted by Gasteiger charge is -2.06. The van der Waals surface area contributed by atoms with Crippen LogP contribution >= 0.6 is 0 Å². The minimum Gasteiger partial charge on any atom is -0.229 e. The van der Waals surface area contributed by atoms with Gasteiger partial charge in [-0.05, 0) is 39.2 Å². The molecule has 0 N–H and O–H groups in total. The summed E-state index contributed by atoms with van der Waals surface area (Å²) < 4.78 is 0. The Morgan fingerprint density at radius 1 is 1.15 bits per heavy atom. The van der Waals surface area contributed by atoms with Gasteiger partial charge in [0.15, 0.2) is 0 Å². The van der Waals surface area contributed by atoms with Crippen molar-refractivity contribution in [2.24, 2.45) is 5.41 Å². The predicted octanol–water partition coefficient (Wildman–Crippen LogP) is 2.18. The molecule has 0 saturated carbocycles. The van der Waals surface area contributed by atoms with Gasteiger partial charge >= 0.3 is 0 Å². The van der Waals surface area contributed by atoms with E-state index in [2.05, 4.69) is 42.6 Å². The van der Waals surface area contributed by atoms with Gasteiger partial charge in [-0.3, -0.25) is 0 Å². The van der Waals surface area contributed by atoms with Crippen molar-refractivity contribution >= 4 is 0 Å². The highest BCUT2D eigenvalue weighted by atomic mass is 14.8. The SMILES string of the molecule is Cc1cnc(C#CC(C)(C)C)nc1. The molecule has 1 rings (SSSR count). The Hall–Kier alpha value is -1.36. The Balaban J connectivity index is 2.85. The fourth-order valence-electron chi connectivity index (χ4n) is 0.701. The van der Waals surface area contributed by atoms with E-state index in [4.69, 9.17) is 0 Å². The van der Waals surface area contributed by atoms with Crippen LogP contribution in [-0.4, -0.2) is 9.97 Å². The normalized spacial score (nSPS) is 10.5. The highest BCUT2D eigenvalue weighted by molar-refractivity contribution is 5.23. The Morgan fingerprint density at radius 3 is 2.15 bits per heavy atom. The lowest BCUT2D eigenvalue weighted by Crippen LogP contribution is -2.00. The maximum Gasteiger partial charge on any atom is 0.204 e. The third kappa shape index (κ3) is 3.71. The second-order valence-corrected chi connectivity index (χ2v) is 4.08. The quantitative estimate of drug-likeness (QED) is 0.563. The minimum absolute atomic E-state index is 0.00818. The number of hydrogen-bond donors (Lipinski definition) is 0. The zero-order valence-corrected chi connectivity index (χ0v) is 8.55. The van der Waals surface area contributed by atoms with Crippen molar-refractivity contribution in [2.45, 2.75) is 27.7 Å². The standard InChI is InChI=1S/C11H14N2/c1-9-7-12-10(13-8-9)5-6-11(2,3)4/h7-8H,1-4H3. The van der Waals surface area contributed by atoms with Gasteiger partial charge in [-0.25, -0.2) is 9.97 Å². The van der Waals surface area contributed by atoms with Gasteiger partial charge in [-0.2, -0.15) is 0 Å². The minimum atomic E-state index is 0.00818. The van der Waals surface area contributed by atoms with E-state index in [1.54, 1.807) is 12.4 Å². The number of hydrogen-bond acceptors (Lipinski definition) is 2. The average Bonchev–Trinajstić information content (AvgIpc) is 2.02. The molecule has 0 spiro atoms. The van der Waals surface area contributed by atoms with Gasteiger partial charge in [0.1, 0.15) is 0 Å². The lowest BCUT2D eigenvalue weighted by atomic mass is 9.98. The first-order chi connectivity index (χ1) is 5.97. The molecule has 1 aromatic rings. The zero-order chi connectivity index (χ0) is 9.90. The van der Waals surface area contributed by atoms with Crippen LogP contribution < -0.4 is 0 Å². The summed E-state index contributed by atoms with van der Waals surface area (Å²) >= 11 is 0. The van der Waals surface area contributed by atoms with Crippen LogP contribution in [0.15, 0.2) is 12.4 Å². The van der Waals surface area contributed by atoms with Gasteiger partial charge in [0.2, 0.25) is 5.82 Å². The molecule has 0 bridgehead atoms. The largest absolute Gasteiger partial charge is 0.229 e. The summed E-state index contributed by atoms with van der Waals surface area (Å²) in [5, 5.41) is 0. The summed E-state index contributed by atoms with van der Waals surface area (Å²) in [7, 11) is 0. The third-order valence-corrected chi connectivity index (χ3v) is 1.33. The summed E-state index contributed by atoms with van der Waals surface area (Å²) in [5.74, 6) is 6.62. The fraction of sp³-hybridized carbons (Fsp3) is 0.455. The molecule has 0 radical (unpaired) electrons. The lowest BCUT2D eigenvalue weighted by molar-refractivity contribution is 0.570. The van der Waals surface area contributed by atoms with Crippen LogP contribution in [0.25, 0.3) is 0 Å². The first kappa shape index (κ1) is 9.73.